The molecule has 1 aliphatic rings. The minimum absolute atomic E-state index is 0.0324. The Bertz CT molecular complexity index is 162. The third-order valence-electron chi connectivity index (χ3n) is 1.28. The van der Waals surface area contributed by atoms with Crippen LogP contribution in [0, 0.1) is 0 Å². The lowest BCUT2D eigenvalue weighted by Gasteiger charge is -2.16. The summed E-state index contributed by atoms with van der Waals surface area (Å²) in [5, 5.41) is 17.8. The first-order valence-electron chi connectivity index (χ1n) is 2.73. The van der Waals surface area contributed by atoms with E-state index < -0.39 is 12.1 Å². The molecule has 2 atom stereocenters. The zero-order valence-electron chi connectivity index (χ0n) is 4.86. The van der Waals surface area contributed by atoms with Crippen molar-refractivity contribution in [3.05, 3.63) is 24.0 Å². The van der Waals surface area contributed by atoms with Gasteiger partial charge < -0.3 is 15.9 Å². The molecule has 0 radical (unpaired) electrons. The number of aliphatic hydroxyl groups excluding tert-OH is 2. The molecule has 0 bridgehead atoms. The average Bonchev–Trinajstić information content (AvgIpc) is 1.83. The van der Waals surface area contributed by atoms with Crippen molar-refractivity contribution in [2.24, 2.45) is 5.73 Å². The van der Waals surface area contributed by atoms with Gasteiger partial charge >= 0.3 is 0 Å². The van der Waals surface area contributed by atoms with Crippen molar-refractivity contribution >= 4 is 0 Å². The number of rotatable bonds is 0. The highest BCUT2D eigenvalue weighted by atomic mass is 16.3. The van der Waals surface area contributed by atoms with Gasteiger partial charge in [-0.25, -0.2) is 0 Å². The molecule has 0 aromatic carbocycles. The monoisotopic (exact) mass is 127 g/mol. The SMILES string of the molecule is NC1C(O)=CC=CC1O. The predicted octanol–water partition coefficient (Wildman–Crippen LogP) is -0.314. The zero-order valence-corrected chi connectivity index (χ0v) is 4.86. The molecule has 0 spiro atoms. The fourth-order valence-electron chi connectivity index (χ4n) is 0.674. The Morgan fingerprint density at radius 2 is 2.22 bits per heavy atom. The third kappa shape index (κ3) is 1.12. The van der Waals surface area contributed by atoms with Crippen LogP contribution in [0.5, 0.6) is 0 Å². The molecular formula is C6H9NO2. The normalized spacial score (nSPS) is 34.2. The predicted molar refractivity (Wildman–Crippen MR) is 33.8 cm³/mol. The maximum atomic E-state index is 8.94. The second-order valence-corrected chi connectivity index (χ2v) is 1.99. The van der Waals surface area contributed by atoms with Crippen LogP contribution in [0.1, 0.15) is 0 Å². The molecule has 0 saturated carbocycles. The van der Waals surface area contributed by atoms with Gasteiger partial charge in [-0.15, -0.1) is 0 Å². The lowest BCUT2D eigenvalue weighted by atomic mass is 10.1. The maximum Gasteiger partial charge on any atom is 0.112 e. The van der Waals surface area contributed by atoms with Crippen LogP contribution in [-0.4, -0.2) is 22.4 Å². The fourth-order valence-corrected chi connectivity index (χ4v) is 0.674. The van der Waals surface area contributed by atoms with Crippen molar-refractivity contribution in [1.82, 2.24) is 0 Å². The molecule has 0 fully saturated rings. The van der Waals surface area contributed by atoms with Gasteiger partial charge in [0.15, 0.2) is 0 Å². The van der Waals surface area contributed by atoms with Gasteiger partial charge in [-0.2, -0.15) is 0 Å². The van der Waals surface area contributed by atoms with Crippen LogP contribution < -0.4 is 5.73 Å². The Hall–Kier alpha value is -0.800. The molecule has 4 N–H and O–H groups in total. The van der Waals surface area contributed by atoms with Crippen LogP contribution in [0.3, 0.4) is 0 Å². The van der Waals surface area contributed by atoms with E-state index in [9.17, 15) is 0 Å². The Morgan fingerprint density at radius 1 is 1.56 bits per heavy atom. The summed E-state index contributed by atoms with van der Waals surface area (Å²) >= 11 is 0. The molecule has 0 heterocycles. The molecule has 9 heavy (non-hydrogen) atoms. The van der Waals surface area contributed by atoms with Crippen molar-refractivity contribution in [2.45, 2.75) is 12.1 Å². The Balaban J connectivity index is 2.73. The van der Waals surface area contributed by atoms with Gasteiger partial charge in [0.05, 0.1) is 12.1 Å². The Labute approximate surface area is 53.1 Å². The van der Waals surface area contributed by atoms with Gasteiger partial charge in [-0.1, -0.05) is 12.2 Å². The van der Waals surface area contributed by atoms with Gasteiger partial charge in [0, 0.05) is 0 Å². The van der Waals surface area contributed by atoms with Crippen molar-refractivity contribution in [3.8, 4) is 0 Å². The van der Waals surface area contributed by atoms with E-state index in [1.165, 1.54) is 12.2 Å². The van der Waals surface area contributed by atoms with E-state index in [1.54, 1.807) is 6.08 Å². The van der Waals surface area contributed by atoms with E-state index in [4.69, 9.17) is 15.9 Å². The second kappa shape index (κ2) is 2.21. The summed E-state index contributed by atoms with van der Waals surface area (Å²) in [6, 6.07) is -0.644. The minimum Gasteiger partial charge on any atom is -0.511 e. The number of hydrogen-bond donors (Lipinski definition) is 3. The number of hydrogen-bond acceptors (Lipinski definition) is 3. The summed E-state index contributed by atoms with van der Waals surface area (Å²) in [6.45, 7) is 0. The summed E-state index contributed by atoms with van der Waals surface area (Å²) in [4.78, 5) is 0. The van der Waals surface area contributed by atoms with Gasteiger partial charge in [-0.3, -0.25) is 0 Å². The topological polar surface area (TPSA) is 66.5 Å². The van der Waals surface area contributed by atoms with E-state index in [2.05, 4.69) is 0 Å². The third-order valence-corrected chi connectivity index (χ3v) is 1.28. The van der Waals surface area contributed by atoms with Crippen molar-refractivity contribution in [1.29, 1.82) is 0 Å². The Morgan fingerprint density at radius 3 is 2.67 bits per heavy atom. The highest BCUT2D eigenvalue weighted by Crippen LogP contribution is 2.07. The highest BCUT2D eigenvalue weighted by Gasteiger charge is 2.17. The second-order valence-electron chi connectivity index (χ2n) is 1.99. The fraction of sp³-hybridized carbons (Fsp3) is 0.333. The minimum atomic E-state index is -0.741. The van der Waals surface area contributed by atoms with E-state index in [0.717, 1.165) is 0 Å². The Kier molecular flexibility index (Phi) is 1.55. The number of aliphatic hydroxyl groups is 2. The first kappa shape index (κ1) is 6.32. The molecule has 2 unspecified atom stereocenters. The van der Waals surface area contributed by atoms with E-state index >= 15 is 0 Å². The molecule has 0 saturated heterocycles. The quantitative estimate of drug-likeness (QED) is 0.418. The van der Waals surface area contributed by atoms with Crippen LogP contribution in [0.2, 0.25) is 0 Å². The van der Waals surface area contributed by atoms with Crippen molar-refractivity contribution in [3.63, 3.8) is 0 Å². The van der Waals surface area contributed by atoms with Gasteiger partial charge in [0.25, 0.3) is 0 Å². The summed E-state index contributed by atoms with van der Waals surface area (Å²) in [7, 11) is 0. The molecule has 1 rings (SSSR count). The first-order chi connectivity index (χ1) is 4.22. The molecule has 3 heteroatoms. The molecule has 0 aromatic heterocycles. The van der Waals surface area contributed by atoms with E-state index in [1.807, 2.05) is 0 Å². The number of nitrogens with two attached hydrogens (primary N) is 1. The summed E-state index contributed by atoms with van der Waals surface area (Å²) in [5.41, 5.74) is 5.30. The van der Waals surface area contributed by atoms with Crippen LogP contribution in [0.25, 0.3) is 0 Å². The van der Waals surface area contributed by atoms with Gasteiger partial charge in [-0.05, 0) is 6.08 Å². The highest BCUT2D eigenvalue weighted by molar-refractivity contribution is 5.21. The summed E-state index contributed by atoms with van der Waals surface area (Å²) in [5.74, 6) is 0.0324. The molecule has 0 aliphatic heterocycles. The van der Waals surface area contributed by atoms with Crippen molar-refractivity contribution in [2.75, 3.05) is 0 Å². The zero-order chi connectivity index (χ0) is 6.85. The summed E-state index contributed by atoms with van der Waals surface area (Å²) < 4.78 is 0. The van der Waals surface area contributed by atoms with Crippen molar-refractivity contribution < 1.29 is 10.2 Å². The average molecular weight is 127 g/mol. The molecule has 0 aromatic rings. The van der Waals surface area contributed by atoms with E-state index in [0.29, 0.717) is 0 Å². The molecule has 1 aliphatic carbocycles. The lowest BCUT2D eigenvalue weighted by molar-refractivity contribution is 0.177. The van der Waals surface area contributed by atoms with E-state index in [-0.39, 0.29) is 5.76 Å². The molecule has 0 amide bonds. The molecule has 50 valence electrons. The van der Waals surface area contributed by atoms with Crippen LogP contribution in [-0.2, 0) is 0 Å². The van der Waals surface area contributed by atoms with Crippen LogP contribution in [0.15, 0.2) is 24.0 Å². The standard InChI is InChI=1S/C6H9NO2/c7-6-4(8)2-1-3-5(6)9/h1-4,6,8-9H,7H2. The largest absolute Gasteiger partial charge is 0.511 e. The number of allylic oxidation sites excluding steroid dienone is 2. The van der Waals surface area contributed by atoms with Gasteiger partial charge in [0.2, 0.25) is 0 Å². The summed E-state index contributed by atoms with van der Waals surface area (Å²) in [6.07, 6.45) is 3.83. The smallest absolute Gasteiger partial charge is 0.112 e. The first-order valence-corrected chi connectivity index (χ1v) is 2.73. The maximum absolute atomic E-state index is 8.94. The lowest BCUT2D eigenvalue weighted by Crippen LogP contribution is -2.36. The van der Waals surface area contributed by atoms with Crippen LogP contribution >= 0.6 is 0 Å². The molecular weight excluding hydrogens is 118 g/mol. The van der Waals surface area contributed by atoms with Gasteiger partial charge in [0.1, 0.15) is 5.76 Å². The molecule has 3 nitrogen and oxygen atoms in total. The van der Waals surface area contributed by atoms with Crippen LogP contribution in [0.4, 0.5) is 0 Å².